The van der Waals surface area contributed by atoms with Crippen LogP contribution in [0.1, 0.15) is 23.0 Å². The summed E-state index contributed by atoms with van der Waals surface area (Å²) in [5, 5.41) is 7.15. The molecule has 3 N–H and O–H groups in total. The van der Waals surface area contributed by atoms with Crippen LogP contribution in [0.2, 0.25) is 0 Å². The molecule has 0 spiro atoms. The van der Waals surface area contributed by atoms with E-state index in [1.54, 1.807) is 24.3 Å². The topological polar surface area (TPSA) is 111 Å². The van der Waals surface area contributed by atoms with Crippen molar-refractivity contribution in [1.29, 1.82) is 0 Å². The lowest BCUT2D eigenvalue weighted by Crippen LogP contribution is -2.21. The average molecular weight is 274 g/mol. The van der Waals surface area contributed by atoms with Crippen LogP contribution >= 0.6 is 0 Å². The maximum atomic E-state index is 12.0. The number of aromatic amines is 1. The highest BCUT2D eigenvalue weighted by Gasteiger charge is 2.12. The molecule has 2 rings (SSSR count). The number of hydrogen-bond acceptors (Lipinski definition) is 6. The fourth-order valence-corrected chi connectivity index (χ4v) is 1.65. The molecule has 0 atom stereocenters. The Hall–Kier alpha value is -2.70. The van der Waals surface area contributed by atoms with Crippen LogP contribution in [0.15, 0.2) is 29.1 Å². The first kappa shape index (κ1) is 13.7. The Bertz CT molecular complexity index is 664. The van der Waals surface area contributed by atoms with E-state index in [0.29, 0.717) is 17.9 Å². The Morgan fingerprint density at radius 3 is 2.60 bits per heavy atom. The number of carbonyl (C=O) groups excluding carboxylic acids is 1. The van der Waals surface area contributed by atoms with Crippen molar-refractivity contribution in [3.8, 4) is 5.75 Å². The molecule has 1 heterocycles. The van der Waals surface area contributed by atoms with Gasteiger partial charge >= 0.3 is 0 Å². The second-order valence-electron chi connectivity index (χ2n) is 4.04. The Morgan fingerprint density at radius 2 is 2.00 bits per heavy atom. The first-order chi connectivity index (χ1) is 9.60. The fourth-order valence-electron chi connectivity index (χ4n) is 1.65. The van der Waals surface area contributed by atoms with Crippen LogP contribution in [-0.2, 0) is 6.42 Å². The number of ether oxygens (including phenoxy) is 1. The fraction of sp³-hybridized carbons (Fsp3) is 0.231. The first-order valence-electron chi connectivity index (χ1n) is 6.07. The number of rotatable bonds is 5. The molecule has 7 nitrogen and oxygen atoms in total. The van der Waals surface area contributed by atoms with Gasteiger partial charge in [0, 0.05) is 5.56 Å². The van der Waals surface area contributed by atoms with E-state index >= 15 is 0 Å². The van der Waals surface area contributed by atoms with Gasteiger partial charge in [0.25, 0.3) is 5.56 Å². The van der Waals surface area contributed by atoms with Gasteiger partial charge in [0.1, 0.15) is 11.4 Å². The summed E-state index contributed by atoms with van der Waals surface area (Å²) >= 11 is 0. The molecule has 0 saturated heterocycles. The Morgan fingerprint density at radius 1 is 1.30 bits per heavy atom. The standard InChI is InChI=1S/C13H14N4O3/c1-2-20-9-5-3-8(4-6-9)11(18)7-10-12(19)15-13(14)17-16-10/h3-6H,2,7H2,1H3,(H3,14,15,17,19). The summed E-state index contributed by atoms with van der Waals surface area (Å²) < 4.78 is 5.29. The van der Waals surface area contributed by atoms with Crippen LogP contribution in [0.25, 0.3) is 0 Å². The number of nitrogen functional groups attached to an aromatic ring is 1. The zero-order valence-corrected chi connectivity index (χ0v) is 10.9. The van der Waals surface area contributed by atoms with Crippen LogP contribution < -0.4 is 16.0 Å². The molecule has 104 valence electrons. The molecule has 20 heavy (non-hydrogen) atoms. The zero-order valence-electron chi connectivity index (χ0n) is 10.9. The SMILES string of the molecule is CCOc1ccc(C(=O)Cc2nnc(N)[nH]c2=O)cc1. The summed E-state index contributed by atoms with van der Waals surface area (Å²) in [5.74, 6) is 0.388. The number of H-pyrrole nitrogens is 1. The maximum absolute atomic E-state index is 12.0. The van der Waals surface area contributed by atoms with Gasteiger partial charge in [-0.15, -0.1) is 10.2 Å². The molecule has 0 aliphatic rings. The van der Waals surface area contributed by atoms with E-state index < -0.39 is 5.56 Å². The lowest BCUT2D eigenvalue weighted by atomic mass is 10.1. The van der Waals surface area contributed by atoms with Crippen molar-refractivity contribution >= 4 is 11.7 Å². The molecular formula is C13H14N4O3. The lowest BCUT2D eigenvalue weighted by Gasteiger charge is -2.04. The molecule has 0 amide bonds. The third kappa shape index (κ3) is 3.19. The summed E-state index contributed by atoms with van der Waals surface area (Å²) in [6, 6.07) is 6.70. The Labute approximate surface area is 114 Å². The molecule has 1 aromatic carbocycles. The predicted molar refractivity (Wildman–Crippen MR) is 72.7 cm³/mol. The van der Waals surface area contributed by atoms with Crippen molar-refractivity contribution < 1.29 is 9.53 Å². The lowest BCUT2D eigenvalue weighted by molar-refractivity contribution is 0.0991. The van der Waals surface area contributed by atoms with E-state index in [0.717, 1.165) is 0 Å². The molecule has 0 radical (unpaired) electrons. The van der Waals surface area contributed by atoms with Crippen molar-refractivity contribution in [3.05, 3.63) is 45.9 Å². The second kappa shape index (κ2) is 5.96. The smallest absolute Gasteiger partial charge is 0.274 e. The van der Waals surface area contributed by atoms with Crippen molar-refractivity contribution in [2.24, 2.45) is 0 Å². The minimum atomic E-state index is -0.503. The molecule has 0 bridgehead atoms. The van der Waals surface area contributed by atoms with Crippen molar-refractivity contribution in [2.45, 2.75) is 13.3 Å². The summed E-state index contributed by atoms with van der Waals surface area (Å²) in [6.45, 7) is 2.44. The summed E-state index contributed by atoms with van der Waals surface area (Å²) in [7, 11) is 0. The predicted octanol–water partition coefficient (Wildman–Crippen LogP) is 0.571. The molecule has 2 aromatic rings. The zero-order chi connectivity index (χ0) is 14.5. The average Bonchev–Trinajstić information content (AvgIpc) is 2.43. The highest BCUT2D eigenvalue weighted by Crippen LogP contribution is 2.13. The van der Waals surface area contributed by atoms with Gasteiger partial charge in [-0.1, -0.05) is 0 Å². The van der Waals surface area contributed by atoms with E-state index in [1.807, 2.05) is 6.92 Å². The minimum Gasteiger partial charge on any atom is -0.494 e. The van der Waals surface area contributed by atoms with Gasteiger partial charge in [0.2, 0.25) is 5.95 Å². The van der Waals surface area contributed by atoms with Crippen LogP contribution in [0.3, 0.4) is 0 Å². The van der Waals surface area contributed by atoms with E-state index in [4.69, 9.17) is 10.5 Å². The highest BCUT2D eigenvalue weighted by molar-refractivity contribution is 5.97. The Kier molecular flexibility index (Phi) is 4.09. The first-order valence-corrected chi connectivity index (χ1v) is 6.07. The Balaban J connectivity index is 2.13. The van der Waals surface area contributed by atoms with Crippen LogP contribution in [-0.4, -0.2) is 27.6 Å². The normalized spacial score (nSPS) is 10.2. The van der Waals surface area contributed by atoms with Crippen LogP contribution in [0, 0.1) is 0 Å². The van der Waals surface area contributed by atoms with Crippen molar-refractivity contribution in [1.82, 2.24) is 15.2 Å². The molecule has 0 unspecified atom stereocenters. The number of nitrogens with zero attached hydrogens (tertiary/aromatic N) is 2. The number of ketones is 1. The van der Waals surface area contributed by atoms with Crippen LogP contribution in [0.5, 0.6) is 5.75 Å². The molecular weight excluding hydrogens is 260 g/mol. The number of anilines is 1. The van der Waals surface area contributed by atoms with E-state index in [1.165, 1.54) is 0 Å². The maximum Gasteiger partial charge on any atom is 0.274 e. The third-order valence-corrected chi connectivity index (χ3v) is 2.60. The monoisotopic (exact) mass is 274 g/mol. The number of nitrogens with one attached hydrogen (secondary N) is 1. The third-order valence-electron chi connectivity index (χ3n) is 2.60. The van der Waals surface area contributed by atoms with Crippen molar-refractivity contribution in [3.63, 3.8) is 0 Å². The van der Waals surface area contributed by atoms with Gasteiger partial charge in [-0.25, -0.2) is 0 Å². The van der Waals surface area contributed by atoms with Gasteiger partial charge in [-0.3, -0.25) is 14.6 Å². The summed E-state index contributed by atoms with van der Waals surface area (Å²) in [5.41, 5.74) is 5.30. The largest absolute Gasteiger partial charge is 0.494 e. The van der Waals surface area contributed by atoms with Gasteiger partial charge in [-0.2, -0.15) is 0 Å². The van der Waals surface area contributed by atoms with Crippen LogP contribution in [0.4, 0.5) is 5.95 Å². The van der Waals surface area contributed by atoms with Gasteiger partial charge in [0.05, 0.1) is 13.0 Å². The summed E-state index contributed by atoms with van der Waals surface area (Å²) in [6.07, 6.45) is -0.128. The molecule has 0 aliphatic carbocycles. The number of aromatic nitrogens is 3. The van der Waals surface area contributed by atoms with Crippen molar-refractivity contribution in [2.75, 3.05) is 12.3 Å². The van der Waals surface area contributed by atoms with Gasteiger partial charge < -0.3 is 10.5 Å². The van der Waals surface area contributed by atoms with E-state index in [9.17, 15) is 9.59 Å². The van der Waals surface area contributed by atoms with Gasteiger partial charge in [-0.05, 0) is 31.2 Å². The number of nitrogens with two attached hydrogens (primary N) is 1. The number of hydrogen-bond donors (Lipinski definition) is 2. The number of benzene rings is 1. The molecule has 0 saturated carbocycles. The number of carbonyl (C=O) groups is 1. The quantitative estimate of drug-likeness (QED) is 0.771. The number of Topliss-reactive ketones (excluding diaryl/α,β-unsaturated/α-hetero) is 1. The minimum absolute atomic E-state index is 0.0399. The van der Waals surface area contributed by atoms with E-state index in [2.05, 4.69) is 15.2 Å². The molecule has 0 aliphatic heterocycles. The molecule has 0 fully saturated rings. The molecule has 1 aromatic heterocycles. The van der Waals surface area contributed by atoms with Gasteiger partial charge in [0.15, 0.2) is 5.78 Å². The second-order valence-corrected chi connectivity index (χ2v) is 4.04. The summed E-state index contributed by atoms with van der Waals surface area (Å²) in [4.78, 5) is 25.9. The molecule has 7 heteroatoms. The highest BCUT2D eigenvalue weighted by atomic mass is 16.5. The van der Waals surface area contributed by atoms with E-state index in [-0.39, 0.29) is 23.8 Å².